The van der Waals surface area contributed by atoms with Crippen LogP contribution in [0.5, 0.6) is 17.2 Å². The number of ketones is 1. The van der Waals surface area contributed by atoms with Crippen LogP contribution in [0, 0.1) is 6.92 Å². The van der Waals surface area contributed by atoms with Crippen LogP contribution in [0.2, 0.25) is 0 Å². The minimum absolute atomic E-state index is 0.0564. The SMILES string of the molecule is CCOc1cccc(C(O)=C2C(=O)C(=O)N(c3nc4ccc(C)cc4s3)[C@@H]2c2ccc(OCc3ccccc3)c(OC)c2)c1. The number of Topliss-reactive ketones (excluding diaryl/α,β-unsaturated/α-hetero) is 1. The molecular weight excluding hydrogens is 576 g/mol. The van der Waals surface area contributed by atoms with Crippen molar-refractivity contribution in [2.45, 2.75) is 26.5 Å². The van der Waals surface area contributed by atoms with Crippen LogP contribution in [-0.2, 0) is 16.2 Å². The van der Waals surface area contributed by atoms with Gasteiger partial charge in [0.15, 0.2) is 16.6 Å². The number of benzene rings is 4. The Balaban J connectivity index is 1.48. The summed E-state index contributed by atoms with van der Waals surface area (Å²) in [5.41, 5.74) is 3.60. The van der Waals surface area contributed by atoms with Crippen LogP contribution in [0.15, 0.2) is 96.6 Å². The van der Waals surface area contributed by atoms with Gasteiger partial charge in [0.25, 0.3) is 5.78 Å². The molecule has 8 nitrogen and oxygen atoms in total. The summed E-state index contributed by atoms with van der Waals surface area (Å²) in [5, 5.41) is 12.0. The largest absolute Gasteiger partial charge is 0.507 e. The van der Waals surface area contributed by atoms with Gasteiger partial charge in [-0.05, 0) is 66.9 Å². The van der Waals surface area contributed by atoms with Crippen molar-refractivity contribution >= 4 is 44.1 Å². The fourth-order valence-corrected chi connectivity index (χ4v) is 6.32. The maximum atomic E-state index is 13.7. The van der Waals surface area contributed by atoms with Crippen LogP contribution in [0.3, 0.4) is 0 Å². The Bertz CT molecular complexity index is 1900. The number of hydrogen-bond donors (Lipinski definition) is 1. The van der Waals surface area contributed by atoms with E-state index in [-0.39, 0.29) is 11.3 Å². The van der Waals surface area contributed by atoms with Crippen molar-refractivity contribution in [2.24, 2.45) is 0 Å². The van der Waals surface area contributed by atoms with Gasteiger partial charge in [-0.25, -0.2) is 4.98 Å². The molecule has 1 N–H and O–H groups in total. The summed E-state index contributed by atoms with van der Waals surface area (Å²) in [6.45, 7) is 4.60. The number of ether oxygens (including phenoxy) is 3. The molecule has 1 saturated heterocycles. The van der Waals surface area contributed by atoms with Crippen LogP contribution in [0.25, 0.3) is 16.0 Å². The number of methoxy groups -OCH3 is 1. The molecule has 1 fully saturated rings. The van der Waals surface area contributed by atoms with Crippen molar-refractivity contribution < 1.29 is 28.9 Å². The lowest BCUT2D eigenvalue weighted by molar-refractivity contribution is -0.132. The molecule has 0 unspecified atom stereocenters. The third kappa shape index (κ3) is 5.49. The van der Waals surface area contributed by atoms with E-state index in [2.05, 4.69) is 0 Å². The number of hydrogen-bond acceptors (Lipinski definition) is 8. The number of thiazole rings is 1. The summed E-state index contributed by atoms with van der Waals surface area (Å²) >= 11 is 1.31. The number of anilines is 1. The van der Waals surface area contributed by atoms with E-state index in [4.69, 9.17) is 19.2 Å². The third-order valence-electron chi connectivity index (χ3n) is 7.34. The number of aliphatic hydroxyl groups excluding tert-OH is 1. The Hall–Kier alpha value is -5.15. The van der Waals surface area contributed by atoms with Gasteiger partial charge in [-0.1, -0.05) is 65.9 Å². The number of aryl methyl sites for hydroxylation is 1. The van der Waals surface area contributed by atoms with Crippen LogP contribution >= 0.6 is 11.3 Å². The summed E-state index contributed by atoms with van der Waals surface area (Å²) in [5.74, 6) is -0.452. The number of amides is 1. The zero-order valence-electron chi connectivity index (χ0n) is 24.4. The molecule has 0 bridgehead atoms. The van der Waals surface area contributed by atoms with E-state index in [0.717, 1.165) is 15.8 Å². The molecule has 1 aromatic heterocycles. The van der Waals surface area contributed by atoms with Crippen LogP contribution < -0.4 is 19.1 Å². The van der Waals surface area contributed by atoms with Gasteiger partial charge in [-0.2, -0.15) is 0 Å². The minimum atomic E-state index is -0.982. The van der Waals surface area contributed by atoms with E-state index >= 15 is 0 Å². The lowest BCUT2D eigenvalue weighted by Gasteiger charge is -2.24. The molecule has 4 aromatic carbocycles. The molecule has 0 saturated carbocycles. The quantitative estimate of drug-likeness (QED) is 0.107. The fourth-order valence-electron chi connectivity index (χ4n) is 5.23. The van der Waals surface area contributed by atoms with Gasteiger partial charge in [0.2, 0.25) is 0 Å². The van der Waals surface area contributed by atoms with Gasteiger partial charge >= 0.3 is 5.91 Å². The van der Waals surface area contributed by atoms with Gasteiger partial charge in [0.1, 0.15) is 18.1 Å². The smallest absolute Gasteiger partial charge is 0.301 e. The Morgan fingerprint density at radius 2 is 1.75 bits per heavy atom. The Morgan fingerprint density at radius 1 is 0.932 bits per heavy atom. The van der Waals surface area contributed by atoms with Crippen LogP contribution in [0.1, 0.15) is 35.2 Å². The normalized spacial score (nSPS) is 16.0. The zero-order chi connectivity index (χ0) is 30.8. The van der Waals surface area contributed by atoms with Crippen molar-refractivity contribution in [1.29, 1.82) is 0 Å². The van der Waals surface area contributed by atoms with Gasteiger partial charge in [-0.3, -0.25) is 14.5 Å². The first-order valence-corrected chi connectivity index (χ1v) is 15.0. The monoisotopic (exact) mass is 606 g/mol. The van der Waals surface area contributed by atoms with E-state index in [0.29, 0.717) is 52.2 Å². The highest BCUT2D eigenvalue weighted by molar-refractivity contribution is 7.22. The lowest BCUT2D eigenvalue weighted by atomic mass is 9.95. The Kier molecular flexibility index (Phi) is 8.04. The number of nitrogens with zero attached hydrogens (tertiary/aromatic N) is 2. The molecule has 0 spiro atoms. The molecule has 0 radical (unpaired) electrons. The minimum Gasteiger partial charge on any atom is -0.507 e. The van der Waals surface area contributed by atoms with Gasteiger partial charge in [0.05, 0.1) is 35.5 Å². The summed E-state index contributed by atoms with van der Waals surface area (Å²) in [4.78, 5) is 33.6. The number of aromatic nitrogens is 1. The predicted octanol–water partition coefficient (Wildman–Crippen LogP) is 7.22. The predicted molar refractivity (Wildman–Crippen MR) is 171 cm³/mol. The van der Waals surface area contributed by atoms with Crippen LogP contribution in [-0.4, -0.2) is 35.5 Å². The van der Waals surface area contributed by atoms with Gasteiger partial charge < -0.3 is 19.3 Å². The third-order valence-corrected chi connectivity index (χ3v) is 8.36. The Labute approximate surface area is 258 Å². The summed E-state index contributed by atoms with van der Waals surface area (Å²) in [6, 6.07) is 26.6. The molecule has 1 aliphatic heterocycles. The van der Waals surface area contributed by atoms with E-state index in [1.165, 1.54) is 23.3 Å². The highest BCUT2D eigenvalue weighted by Gasteiger charge is 2.48. The molecule has 44 heavy (non-hydrogen) atoms. The first-order valence-electron chi connectivity index (χ1n) is 14.1. The van der Waals surface area contributed by atoms with Crippen molar-refractivity contribution in [2.75, 3.05) is 18.6 Å². The van der Waals surface area contributed by atoms with E-state index in [1.807, 2.05) is 62.4 Å². The summed E-state index contributed by atoms with van der Waals surface area (Å²) < 4.78 is 18.2. The second kappa shape index (κ2) is 12.2. The molecule has 1 amide bonds. The van der Waals surface area contributed by atoms with Crippen LogP contribution in [0.4, 0.5) is 5.13 Å². The summed E-state index contributed by atoms with van der Waals surface area (Å²) in [7, 11) is 1.53. The molecule has 0 aliphatic carbocycles. The number of carbonyl (C=O) groups is 2. The van der Waals surface area contributed by atoms with E-state index in [9.17, 15) is 14.7 Å². The second-order valence-electron chi connectivity index (χ2n) is 10.3. The highest BCUT2D eigenvalue weighted by Crippen LogP contribution is 2.46. The number of carbonyl (C=O) groups excluding carboxylic acids is 2. The number of aliphatic hydroxyl groups is 1. The lowest BCUT2D eigenvalue weighted by Crippen LogP contribution is -2.29. The molecule has 1 atom stereocenters. The molecule has 222 valence electrons. The Morgan fingerprint density at radius 3 is 2.52 bits per heavy atom. The maximum Gasteiger partial charge on any atom is 0.301 e. The molecule has 1 aliphatic rings. The van der Waals surface area contributed by atoms with E-state index in [1.54, 1.807) is 42.5 Å². The van der Waals surface area contributed by atoms with Gasteiger partial charge in [0, 0.05) is 5.56 Å². The molecular formula is C35H30N2O6S. The van der Waals surface area contributed by atoms with Crippen molar-refractivity contribution in [3.63, 3.8) is 0 Å². The molecule has 5 aromatic rings. The van der Waals surface area contributed by atoms with E-state index < -0.39 is 17.7 Å². The number of rotatable bonds is 9. The average molecular weight is 607 g/mol. The zero-order valence-corrected chi connectivity index (χ0v) is 25.3. The maximum absolute atomic E-state index is 13.7. The van der Waals surface area contributed by atoms with Crippen molar-refractivity contribution in [3.8, 4) is 17.2 Å². The van der Waals surface area contributed by atoms with Crippen molar-refractivity contribution in [1.82, 2.24) is 4.98 Å². The first-order chi connectivity index (χ1) is 21.4. The molecule has 9 heteroatoms. The highest BCUT2D eigenvalue weighted by atomic mass is 32.1. The van der Waals surface area contributed by atoms with Gasteiger partial charge in [-0.15, -0.1) is 0 Å². The first kappa shape index (κ1) is 28.9. The second-order valence-corrected chi connectivity index (χ2v) is 11.3. The van der Waals surface area contributed by atoms with Crippen molar-refractivity contribution in [3.05, 3.63) is 119 Å². The average Bonchev–Trinajstić information content (AvgIpc) is 3.57. The fraction of sp³-hybridized carbons (Fsp3) is 0.171. The standard InChI is InChI=1S/C35H30N2O6S/c1-4-42-25-12-8-11-24(18-25)32(38)30-31(23-14-16-27(28(19-23)41-3)43-20-22-9-6-5-7-10-22)37(34(40)33(30)39)35-36-26-15-13-21(2)17-29(26)44-35/h5-19,31,38H,4,20H2,1-3H3/t31-/m1/s1. The number of fused-ring (bicyclic) bond motifs is 1. The molecule has 6 rings (SSSR count). The molecule has 2 heterocycles. The topological polar surface area (TPSA) is 98.2 Å². The summed E-state index contributed by atoms with van der Waals surface area (Å²) in [6.07, 6.45) is 0.